The van der Waals surface area contributed by atoms with Gasteiger partial charge in [-0.1, -0.05) is 0 Å². The van der Waals surface area contributed by atoms with Gasteiger partial charge < -0.3 is 275 Å². The van der Waals surface area contributed by atoms with Crippen molar-refractivity contribution in [3.8, 4) is 0 Å². The van der Waals surface area contributed by atoms with Gasteiger partial charge in [0.2, 0.25) is 41.4 Å². The summed E-state index contributed by atoms with van der Waals surface area (Å²) in [5.74, 6) is -6.81. The third-order valence-electron chi connectivity index (χ3n) is 25.7. The highest BCUT2D eigenvalue weighted by Crippen LogP contribution is 2.43. The molecule has 11 saturated heterocycles. The molecule has 11 rings (SSSR count). The van der Waals surface area contributed by atoms with E-state index >= 15 is 0 Å². The first kappa shape index (κ1) is 117. The van der Waals surface area contributed by atoms with Gasteiger partial charge >= 0.3 is 0 Å². The van der Waals surface area contributed by atoms with E-state index in [9.17, 15) is 171 Å². The maximum Gasteiger partial charge on any atom is 0.217 e. The van der Waals surface area contributed by atoms with Crippen LogP contribution < -0.4 is 37.2 Å². The van der Waals surface area contributed by atoms with Crippen molar-refractivity contribution in [3.05, 3.63) is 0 Å². The molecular weight excluding hydrogens is 1940 g/mol. The first-order valence-electron chi connectivity index (χ1n) is 45.5. The zero-order valence-corrected chi connectivity index (χ0v) is 77.3. The van der Waals surface area contributed by atoms with Gasteiger partial charge in [0.25, 0.3) is 0 Å². The number of amides is 7. The van der Waals surface area contributed by atoms with Crippen LogP contribution in [-0.4, -0.2) is 583 Å². The van der Waals surface area contributed by atoms with E-state index in [4.69, 9.17) is 99.5 Å². The summed E-state index contributed by atoms with van der Waals surface area (Å²) in [5.41, 5.74) is 0. The molecule has 11 heterocycles. The number of rotatable bonds is 37. The number of carbonyl (C=O) groups is 7. The molecule has 7 amide bonds. The van der Waals surface area contributed by atoms with Crippen LogP contribution >= 0.6 is 0 Å². The lowest BCUT2D eigenvalue weighted by Gasteiger charge is -2.53. The first-order valence-corrected chi connectivity index (χ1v) is 45.5. The molecule has 11 aliphatic heterocycles. The molecule has 0 spiro atoms. The maximum atomic E-state index is 13.8. The minimum Gasteiger partial charge on any atom is -0.394 e. The Labute approximate surface area is 805 Å². The van der Waals surface area contributed by atoms with E-state index in [2.05, 4.69) is 37.2 Å². The lowest BCUT2D eigenvalue weighted by Crippen LogP contribution is -2.72. The largest absolute Gasteiger partial charge is 0.394 e. The molecule has 0 bridgehead atoms. The summed E-state index contributed by atoms with van der Waals surface area (Å²) in [6.45, 7) is -4.24. The Morgan fingerprint density at radius 2 is 0.451 bits per heavy atom. The Hall–Kier alpha value is -5.63. The number of nitrogens with one attached hydrogen (secondary N) is 7. The smallest absolute Gasteiger partial charge is 0.217 e. The Morgan fingerprint density at radius 3 is 0.838 bits per heavy atom. The molecule has 818 valence electrons. The number of carbonyl (C=O) groups excluding carboxylic acids is 7. The van der Waals surface area contributed by atoms with Crippen LogP contribution in [0.4, 0.5) is 0 Å². The second kappa shape index (κ2) is 51.3. The normalized spacial score (nSPS) is 47.5. The number of aliphatic hydroxyl groups excluding tert-OH is 27. The molecule has 0 aromatic rings. The molecule has 34 N–H and O–H groups in total. The van der Waals surface area contributed by atoms with E-state index in [-0.39, 0.29) is 0 Å². The SMILES string of the molecule is CC(=O)N[C@@H]1[C@H](O[C@@H]2[C@@H](O[C@@H]3[C@H](O)[C@H](O[C@H]4[C@H](O)[C@@H](NC(C)=O)[C@H](O[C@H]5[C@H](O)[C@@H](NC(C)=O)[C@H](O)O[C@@H]5CO[C@@H]5O[C@@H](C)[C@@H](O)[C@@H](O)[C@@H]5O)O[C@@H]4CO)O[C@H](CO[C@H]4O[C@H](CO[C@@H]5O[C@H](CO)[C@@H](O)[C@H](O)[C@H]5NC(C)=O)[C@@H](O)[C@H](O)[C@@H]4O[C@@H]4O[C@H](CO)[C@@H](O)[C@H](O)[C@H]4NC(C)=O)[C@H]3O[C@@H]3O[C@H](CO)[C@@H](O)[C@H](O)[C@H]3NC(C)=O)O[C@H](CO)[C@@H](O[C@@H]3O[C@H](CO)[C@@H](O)[C@H](O)[C@H]3NC(C)=O)[C@@H]2O)O[C@H](CO)[C@@H](O)[C@@H]1O. The summed E-state index contributed by atoms with van der Waals surface area (Å²) in [6.07, 6.45) is -106. The lowest BCUT2D eigenvalue weighted by molar-refractivity contribution is -0.412. The van der Waals surface area contributed by atoms with Gasteiger partial charge in [-0.15, -0.1) is 0 Å². The lowest BCUT2D eigenvalue weighted by atomic mass is 9.93. The van der Waals surface area contributed by atoms with Crippen molar-refractivity contribution in [2.75, 3.05) is 66.1 Å². The second-order valence-corrected chi connectivity index (χ2v) is 36.0. The zero-order chi connectivity index (χ0) is 105. The zero-order valence-electron chi connectivity index (χ0n) is 77.3. The molecule has 0 unspecified atom stereocenters. The number of aliphatic hydroxyl groups is 27. The summed E-state index contributed by atoms with van der Waals surface area (Å²) in [4.78, 5) is 91.4. The summed E-state index contributed by atoms with van der Waals surface area (Å²) in [7, 11) is 0. The molecule has 142 heavy (non-hydrogen) atoms. The Kier molecular flexibility index (Phi) is 42.1. The van der Waals surface area contributed by atoms with E-state index in [0.717, 1.165) is 48.5 Å². The number of ether oxygens (including phenoxy) is 21. The Balaban J connectivity index is 1.08. The molecule has 0 aromatic heterocycles. The van der Waals surface area contributed by atoms with E-state index < -0.39 is 445 Å². The van der Waals surface area contributed by atoms with Crippen LogP contribution in [0, 0.1) is 0 Å². The van der Waals surface area contributed by atoms with Gasteiger partial charge in [0.1, 0.15) is 262 Å². The third-order valence-corrected chi connectivity index (χ3v) is 25.7. The summed E-state index contributed by atoms with van der Waals surface area (Å²) in [6, 6.07) is -13.8. The van der Waals surface area contributed by atoms with Crippen molar-refractivity contribution in [1.29, 1.82) is 0 Å². The molecule has 0 saturated carbocycles. The molecule has 0 aliphatic carbocycles. The van der Waals surface area contributed by atoms with Gasteiger partial charge in [0.05, 0.1) is 72.2 Å². The van der Waals surface area contributed by atoms with Crippen LogP contribution in [0.5, 0.6) is 0 Å². The predicted molar refractivity (Wildman–Crippen MR) is 442 cm³/mol. The minimum atomic E-state index is -2.90. The van der Waals surface area contributed by atoms with Crippen LogP contribution in [0.25, 0.3) is 0 Å². The van der Waals surface area contributed by atoms with Crippen molar-refractivity contribution in [2.24, 2.45) is 0 Å². The molecule has 62 nitrogen and oxygen atoms in total. The highest BCUT2D eigenvalue weighted by molar-refractivity contribution is 5.75. The van der Waals surface area contributed by atoms with E-state index in [1.807, 2.05) is 0 Å². The van der Waals surface area contributed by atoms with Crippen molar-refractivity contribution >= 4 is 41.4 Å². The highest BCUT2D eigenvalue weighted by Gasteiger charge is 2.64. The Morgan fingerprint density at radius 1 is 0.197 bits per heavy atom. The van der Waals surface area contributed by atoms with Crippen molar-refractivity contribution in [1.82, 2.24) is 37.2 Å². The fourth-order valence-electron chi connectivity index (χ4n) is 18.4. The van der Waals surface area contributed by atoms with Crippen LogP contribution in [0.2, 0.25) is 0 Å². The van der Waals surface area contributed by atoms with Gasteiger partial charge in [0, 0.05) is 48.5 Å². The average molecular weight is 2070 g/mol. The Bertz CT molecular complexity index is 4030. The molecule has 62 heteroatoms. The van der Waals surface area contributed by atoms with E-state index in [1.165, 1.54) is 6.92 Å². The van der Waals surface area contributed by atoms with Gasteiger partial charge in [-0.3, -0.25) is 33.6 Å². The van der Waals surface area contributed by atoms with Gasteiger partial charge in [-0.2, -0.15) is 0 Å². The third kappa shape index (κ3) is 26.7. The average Bonchev–Trinajstić information content (AvgIpc) is 0.750. The van der Waals surface area contributed by atoms with Crippen molar-refractivity contribution in [2.45, 2.75) is 393 Å². The van der Waals surface area contributed by atoms with Crippen molar-refractivity contribution < 1.29 is 271 Å². The monoisotopic (exact) mass is 2070 g/mol. The van der Waals surface area contributed by atoms with Crippen LogP contribution in [0.1, 0.15) is 55.4 Å². The fourth-order valence-corrected chi connectivity index (χ4v) is 18.4. The maximum absolute atomic E-state index is 13.8. The van der Waals surface area contributed by atoms with Gasteiger partial charge in [0.15, 0.2) is 69.2 Å². The van der Waals surface area contributed by atoms with Crippen molar-refractivity contribution in [3.63, 3.8) is 0 Å². The van der Waals surface area contributed by atoms with E-state index in [1.54, 1.807) is 0 Å². The predicted octanol–water partition coefficient (Wildman–Crippen LogP) is -22.9. The fraction of sp³-hybridized carbons (Fsp3) is 0.912. The highest BCUT2D eigenvalue weighted by atomic mass is 16.8. The minimum absolute atomic E-state index is 0.866. The van der Waals surface area contributed by atoms with Gasteiger partial charge in [-0.25, -0.2) is 0 Å². The molecular formula is C80H133N7O55. The van der Waals surface area contributed by atoms with Gasteiger partial charge in [-0.05, 0) is 6.92 Å². The summed E-state index contributed by atoms with van der Waals surface area (Å²) >= 11 is 0. The number of hydrogen-bond acceptors (Lipinski definition) is 55. The topological polar surface area (TPSA) is 944 Å². The van der Waals surface area contributed by atoms with Crippen LogP contribution in [0.15, 0.2) is 0 Å². The summed E-state index contributed by atoms with van der Waals surface area (Å²) in [5, 5.41) is 327. The van der Waals surface area contributed by atoms with Crippen LogP contribution in [-0.2, 0) is 133 Å². The standard InChI is InChI=1S/C80H133N7O55/c1-19-44(102)58(116)60(118)77(125-19)123-17-35-65(56(114)37(70(121)126-35)81-20(2)95)137-76-43(87-26(8)101)57(115)63(32(14-93)132-76)138-78-62(120)67(140-80-69(142-75-42(86-25(7)100)55(113)49(107)31(13-92)131-75)61(119)64(33(15-94)133-80)136-72-39(83-22(4)97)52(110)46(104)28(10-89)128-72)66(139-73-40(84-23(5)98)53(111)47(105)29(11-90)129-73)36(135-78)18-124-79-68(141-74-41(85-24(6)99)54(112)48(106)30(12-91)130-74)59(117)50(108)34(134-79)16-122-71-38(82-21(3)96)51(109)45(103)27(9-88)127-71/h19,27-80,88-94,102-121H,9-18H2,1-8H3,(H,81,95)(H,82,96)(H,83,97)(H,84,98)(H,85,99)(H,86,100)(H,87,101)/t19-,27+,28+,29+,30+,31+,32+,33+,34+,35+,36+,37+,38+,39+,40+,41+,42-,43+,44+,45+,46+,47+,48+,49+,50+,51+,52+,53+,54+,55+,56+,57+,58+,59-,60-,61-,62-,63+,64+,65+,66+,67+,68-,69-,70+,71+,72-,73-,74-,75-,76-,77+,78-,79-,80+/m0/s1. The molecule has 11 fully saturated rings. The number of hydrogen-bond donors (Lipinski definition) is 34. The summed E-state index contributed by atoms with van der Waals surface area (Å²) < 4.78 is 130. The molecule has 0 radical (unpaired) electrons. The van der Waals surface area contributed by atoms with E-state index in [0.29, 0.717) is 0 Å². The second-order valence-electron chi connectivity index (χ2n) is 36.0. The molecule has 55 atom stereocenters. The molecule has 0 aromatic carbocycles. The quantitative estimate of drug-likeness (QED) is 0.0275. The first-order chi connectivity index (χ1) is 67.0. The molecule has 11 aliphatic rings. The van der Waals surface area contributed by atoms with Crippen LogP contribution in [0.3, 0.4) is 0 Å².